The number of hydrogen-bond donors (Lipinski definition) is 0. The van der Waals surface area contributed by atoms with Crippen molar-refractivity contribution in [1.29, 1.82) is 0 Å². The minimum absolute atomic E-state index is 0.592. The average Bonchev–Trinajstić information content (AvgIpc) is 2.49. The fourth-order valence-electron chi connectivity index (χ4n) is 1.37. The van der Waals surface area contributed by atoms with E-state index in [1.165, 1.54) is 15.6 Å². The van der Waals surface area contributed by atoms with Gasteiger partial charge in [-0.2, -0.15) is 4.37 Å². The van der Waals surface area contributed by atoms with Crippen molar-refractivity contribution in [2.75, 3.05) is 0 Å². The maximum Gasteiger partial charge on any atom is 0.0584 e. The monoisotopic (exact) mass is 177 g/mol. The molecule has 0 amide bonds. The summed E-state index contributed by atoms with van der Waals surface area (Å²) in [5.41, 5.74) is 1.41. The fourth-order valence-corrected chi connectivity index (χ4v) is 2.28. The first kappa shape index (κ1) is 7.74. The van der Waals surface area contributed by atoms with Gasteiger partial charge in [0.2, 0.25) is 0 Å². The van der Waals surface area contributed by atoms with Crippen LogP contribution in [-0.2, 0) is 0 Å². The summed E-state index contributed by atoms with van der Waals surface area (Å²) >= 11 is 1.59. The van der Waals surface area contributed by atoms with Crippen LogP contribution in [0, 0.1) is 0 Å². The molecule has 1 heterocycles. The average molecular weight is 177 g/mol. The van der Waals surface area contributed by atoms with E-state index in [0.29, 0.717) is 5.92 Å². The summed E-state index contributed by atoms with van der Waals surface area (Å²) in [6.45, 7) is 4.43. The van der Waals surface area contributed by atoms with Gasteiger partial charge in [-0.3, -0.25) is 0 Å². The van der Waals surface area contributed by atoms with Crippen LogP contribution < -0.4 is 0 Å². The lowest BCUT2D eigenvalue weighted by molar-refractivity contribution is 0.878. The molecular weight excluding hydrogens is 166 g/mol. The van der Waals surface area contributed by atoms with E-state index in [2.05, 4.69) is 36.4 Å². The van der Waals surface area contributed by atoms with Crippen LogP contribution in [0.25, 0.3) is 10.1 Å². The fraction of sp³-hybridized carbons (Fsp3) is 0.300. The predicted molar refractivity (Wildman–Crippen MR) is 53.7 cm³/mol. The van der Waals surface area contributed by atoms with Crippen molar-refractivity contribution >= 4 is 21.6 Å². The first-order valence-corrected chi connectivity index (χ1v) is 4.89. The van der Waals surface area contributed by atoms with Crippen LogP contribution in [0.1, 0.15) is 25.3 Å². The lowest BCUT2D eigenvalue weighted by Gasteiger charge is -2.04. The first-order chi connectivity index (χ1) is 5.79. The molecule has 0 aliphatic heterocycles. The highest BCUT2D eigenvalue weighted by Gasteiger charge is 2.05. The summed E-state index contributed by atoms with van der Waals surface area (Å²) in [6, 6.07) is 6.40. The number of fused-ring (bicyclic) bond motifs is 1. The molecule has 0 fully saturated rings. The Bertz CT molecular complexity index is 389. The first-order valence-electron chi connectivity index (χ1n) is 4.12. The standard InChI is InChI=1S/C10H11NS/c1-7(2)9-5-3-4-8-6-11-12-10(8)9/h3-7H,1-2H3. The largest absolute Gasteiger partial charge is 0.200 e. The maximum atomic E-state index is 4.19. The molecule has 0 unspecified atom stereocenters. The third-order valence-corrected chi connectivity index (χ3v) is 2.90. The Morgan fingerprint density at radius 1 is 1.33 bits per heavy atom. The topological polar surface area (TPSA) is 12.9 Å². The normalized spacial score (nSPS) is 11.2. The third-order valence-electron chi connectivity index (χ3n) is 2.03. The molecule has 0 atom stereocenters. The molecule has 0 bridgehead atoms. The second-order valence-electron chi connectivity index (χ2n) is 3.25. The summed E-state index contributed by atoms with van der Waals surface area (Å²) in [4.78, 5) is 0. The molecule has 0 saturated heterocycles. The van der Waals surface area contributed by atoms with Crippen molar-refractivity contribution in [2.45, 2.75) is 19.8 Å². The van der Waals surface area contributed by atoms with Crippen molar-refractivity contribution in [2.24, 2.45) is 0 Å². The van der Waals surface area contributed by atoms with Gasteiger partial charge in [0, 0.05) is 11.6 Å². The zero-order valence-corrected chi connectivity index (χ0v) is 8.06. The molecule has 0 saturated carbocycles. The Kier molecular flexibility index (Phi) is 1.85. The molecule has 1 nitrogen and oxygen atoms in total. The zero-order valence-electron chi connectivity index (χ0n) is 7.24. The minimum Gasteiger partial charge on any atom is -0.200 e. The Balaban J connectivity index is 2.73. The molecule has 2 aromatic rings. The van der Waals surface area contributed by atoms with E-state index >= 15 is 0 Å². The van der Waals surface area contributed by atoms with Crippen molar-refractivity contribution in [3.63, 3.8) is 0 Å². The van der Waals surface area contributed by atoms with Crippen LogP contribution in [0.4, 0.5) is 0 Å². The molecule has 12 heavy (non-hydrogen) atoms. The van der Waals surface area contributed by atoms with Crippen LogP contribution >= 0.6 is 11.5 Å². The Morgan fingerprint density at radius 2 is 2.17 bits per heavy atom. The van der Waals surface area contributed by atoms with E-state index < -0.39 is 0 Å². The van der Waals surface area contributed by atoms with E-state index in [1.807, 2.05) is 6.20 Å². The Labute approximate surface area is 76.2 Å². The van der Waals surface area contributed by atoms with Gasteiger partial charge in [-0.15, -0.1) is 0 Å². The van der Waals surface area contributed by atoms with E-state index in [0.717, 1.165) is 0 Å². The SMILES string of the molecule is CC(C)c1cccc2cnsc12. The van der Waals surface area contributed by atoms with Gasteiger partial charge in [-0.05, 0) is 23.0 Å². The molecule has 0 radical (unpaired) electrons. The van der Waals surface area contributed by atoms with Crippen molar-refractivity contribution in [3.05, 3.63) is 30.0 Å². The van der Waals surface area contributed by atoms with Gasteiger partial charge in [-0.25, -0.2) is 0 Å². The quantitative estimate of drug-likeness (QED) is 0.650. The lowest BCUT2D eigenvalue weighted by atomic mass is 10.0. The number of benzene rings is 1. The molecule has 0 aliphatic carbocycles. The van der Waals surface area contributed by atoms with Crippen LogP contribution in [0.2, 0.25) is 0 Å². The summed E-state index contributed by atoms with van der Waals surface area (Å²) in [5.74, 6) is 0.592. The lowest BCUT2D eigenvalue weighted by Crippen LogP contribution is -1.85. The highest BCUT2D eigenvalue weighted by atomic mass is 32.1. The second-order valence-corrected chi connectivity index (χ2v) is 4.05. The molecule has 2 heteroatoms. The van der Waals surface area contributed by atoms with Gasteiger partial charge < -0.3 is 0 Å². The molecular formula is C10H11NS. The number of rotatable bonds is 1. The molecule has 1 aromatic heterocycles. The number of aromatic nitrogens is 1. The Morgan fingerprint density at radius 3 is 2.92 bits per heavy atom. The molecule has 0 spiro atoms. The summed E-state index contributed by atoms with van der Waals surface area (Å²) in [6.07, 6.45) is 1.94. The predicted octanol–water partition coefficient (Wildman–Crippen LogP) is 3.42. The van der Waals surface area contributed by atoms with Crippen molar-refractivity contribution in [1.82, 2.24) is 4.37 Å². The van der Waals surface area contributed by atoms with E-state index in [1.54, 1.807) is 11.5 Å². The second kappa shape index (κ2) is 2.87. The zero-order chi connectivity index (χ0) is 8.55. The molecule has 62 valence electrons. The summed E-state index contributed by atoms with van der Waals surface area (Å²) in [5, 5.41) is 1.27. The summed E-state index contributed by atoms with van der Waals surface area (Å²) < 4.78 is 5.53. The summed E-state index contributed by atoms with van der Waals surface area (Å²) in [7, 11) is 0. The van der Waals surface area contributed by atoms with Crippen LogP contribution in [-0.4, -0.2) is 4.37 Å². The van der Waals surface area contributed by atoms with Gasteiger partial charge in [0.25, 0.3) is 0 Å². The van der Waals surface area contributed by atoms with Crippen LogP contribution in [0.3, 0.4) is 0 Å². The number of nitrogens with zero attached hydrogens (tertiary/aromatic N) is 1. The van der Waals surface area contributed by atoms with Crippen LogP contribution in [0.15, 0.2) is 24.4 Å². The highest BCUT2D eigenvalue weighted by Crippen LogP contribution is 2.27. The van der Waals surface area contributed by atoms with E-state index in [-0.39, 0.29) is 0 Å². The molecule has 2 rings (SSSR count). The van der Waals surface area contributed by atoms with Crippen molar-refractivity contribution in [3.8, 4) is 0 Å². The highest BCUT2D eigenvalue weighted by molar-refractivity contribution is 7.13. The molecule has 0 N–H and O–H groups in total. The molecule has 1 aromatic carbocycles. The Hall–Kier alpha value is -0.890. The smallest absolute Gasteiger partial charge is 0.0584 e. The van der Waals surface area contributed by atoms with Crippen molar-refractivity contribution < 1.29 is 0 Å². The van der Waals surface area contributed by atoms with E-state index in [4.69, 9.17) is 0 Å². The van der Waals surface area contributed by atoms with Crippen LogP contribution in [0.5, 0.6) is 0 Å². The minimum atomic E-state index is 0.592. The van der Waals surface area contributed by atoms with Gasteiger partial charge in [0.05, 0.1) is 4.70 Å². The van der Waals surface area contributed by atoms with Gasteiger partial charge in [0.15, 0.2) is 0 Å². The van der Waals surface area contributed by atoms with E-state index in [9.17, 15) is 0 Å². The number of hydrogen-bond acceptors (Lipinski definition) is 2. The van der Waals surface area contributed by atoms with Gasteiger partial charge in [-0.1, -0.05) is 32.0 Å². The third kappa shape index (κ3) is 1.12. The van der Waals surface area contributed by atoms with Gasteiger partial charge in [0.1, 0.15) is 0 Å². The maximum absolute atomic E-state index is 4.19. The van der Waals surface area contributed by atoms with Gasteiger partial charge >= 0.3 is 0 Å². The molecule has 0 aliphatic rings.